The number of benzene rings is 1. The lowest BCUT2D eigenvalue weighted by Crippen LogP contribution is -2.06. The molecule has 0 fully saturated rings. The fourth-order valence-electron chi connectivity index (χ4n) is 1.32. The van der Waals surface area contributed by atoms with E-state index in [1.54, 1.807) is 6.26 Å². The van der Waals surface area contributed by atoms with Crippen LogP contribution >= 0.6 is 15.9 Å². The van der Waals surface area contributed by atoms with Crippen molar-refractivity contribution in [2.45, 2.75) is 6.92 Å². The summed E-state index contributed by atoms with van der Waals surface area (Å²) in [7, 11) is 0. The van der Waals surface area contributed by atoms with Crippen LogP contribution in [0.4, 0.5) is 5.69 Å². The Hall–Kier alpha value is -1.29. The molecule has 2 rings (SSSR count). The van der Waals surface area contributed by atoms with Crippen LogP contribution in [-0.2, 0) is 4.79 Å². The number of nitrogens with one attached hydrogen (secondary N) is 1. The van der Waals surface area contributed by atoms with Gasteiger partial charge in [0, 0.05) is 16.8 Å². The quantitative estimate of drug-likeness (QED) is 0.849. The van der Waals surface area contributed by atoms with E-state index in [9.17, 15) is 4.79 Å². The third kappa shape index (κ3) is 1.53. The molecule has 2 aromatic rings. The number of halogens is 1. The molecule has 1 aromatic heterocycles. The highest BCUT2D eigenvalue weighted by Gasteiger charge is 2.08. The maximum absolute atomic E-state index is 11.0. The summed E-state index contributed by atoms with van der Waals surface area (Å²) in [5.41, 5.74) is 1.51. The Morgan fingerprint density at radius 3 is 2.93 bits per heavy atom. The van der Waals surface area contributed by atoms with Gasteiger partial charge in [0.05, 0.1) is 12.0 Å². The Labute approximate surface area is 89.2 Å². The van der Waals surface area contributed by atoms with Crippen LogP contribution in [0.2, 0.25) is 0 Å². The lowest BCUT2D eigenvalue weighted by Gasteiger charge is -2.05. The van der Waals surface area contributed by atoms with E-state index in [1.165, 1.54) is 6.92 Å². The van der Waals surface area contributed by atoms with Crippen molar-refractivity contribution < 1.29 is 9.21 Å². The Kier molecular flexibility index (Phi) is 2.29. The van der Waals surface area contributed by atoms with Crippen molar-refractivity contribution >= 4 is 38.5 Å². The van der Waals surface area contributed by atoms with E-state index in [0.29, 0.717) is 0 Å². The van der Waals surface area contributed by atoms with Gasteiger partial charge in [-0.2, -0.15) is 0 Å². The van der Waals surface area contributed by atoms with E-state index in [0.717, 1.165) is 21.1 Å². The molecule has 4 heteroatoms. The van der Waals surface area contributed by atoms with Crippen molar-refractivity contribution in [2.75, 3.05) is 5.32 Å². The average Bonchev–Trinajstić information content (AvgIpc) is 2.57. The Morgan fingerprint density at radius 2 is 2.21 bits per heavy atom. The number of carbonyl (C=O) groups is 1. The molecule has 0 radical (unpaired) electrons. The van der Waals surface area contributed by atoms with Gasteiger partial charge in [-0.15, -0.1) is 0 Å². The molecule has 3 nitrogen and oxygen atoms in total. The molecular weight excluding hydrogens is 246 g/mol. The maximum atomic E-state index is 11.0. The number of anilines is 1. The fourth-order valence-corrected chi connectivity index (χ4v) is 1.77. The summed E-state index contributed by atoms with van der Waals surface area (Å²) < 4.78 is 6.07. The van der Waals surface area contributed by atoms with Gasteiger partial charge in [-0.05, 0) is 34.1 Å². The van der Waals surface area contributed by atoms with Gasteiger partial charge >= 0.3 is 0 Å². The summed E-state index contributed by atoms with van der Waals surface area (Å²) in [5.74, 6) is -0.0978. The number of hydrogen-bond acceptors (Lipinski definition) is 2. The maximum Gasteiger partial charge on any atom is 0.221 e. The predicted octanol–water partition coefficient (Wildman–Crippen LogP) is 3.15. The first kappa shape index (κ1) is 9.27. The second kappa shape index (κ2) is 3.46. The first-order valence-corrected chi connectivity index (χ1v) is 4.91. The summed E-state index contributed by atoms with van der Waals surface area (Å²) in [6.07, 6.45) is 1.60. The lowest BCUT2D eigenvalue weighted by molar-refractivity contribution is -0.114. The molecule has 14 heavy (non-hydrogen) atoms. The molecule has 0 saturated heterocycles. The second-order valence-electron chi connectivity index (χ2n) is 2.94. The summed E-state index contributed by atoms with van der Waals surface area (Å²) in [4.78, 5) is 11.0. The van der Waals surface area contributed by atoms with Crippen LogP contribution in [0.25, 0.3) is 11.0 Å². The average molecular weight is 254 g/mol. The molecule has 0 atom stereocenters. The van der Waals surface area contributed by atoms with E-state index in [-0.39, 0.29) is 5.91 Å². The molecule has 0 aliphatic rings. The van der Waals surface area contributed by atoms with Crippen LogP contribution in [-0.4, -0.2) is 5.91 Å². The molecule has 0 aliphatic carbocycles. The minimum Gasteiger partial charge on any atom is -0.464 e. The molecule has 0 bridgehead atoms. The monoisotopic (exact) mass is 253 g/mol. The highest BCUT2D eigenvalue weighted by atomic mass is 79.9. The summed E-state index contributed by atoms with van der Waals surface area (Å²) >= 11 is 3.37. The van der Waals surface area contributed by atoms with E-state index >= 15 is 0 Å². The molecule has 72 valence electrons. The summed E-state index contributed by atoms with van der Waals surface area (Å²) in [6, 6.07) is 5.52. The normalized spacial score (nSPS) is 10.4. The van der Waals surface area contributed by atoms with Gasteiger partial charge in [-0.3, -0.25) is 4.79 Å². The minimum absolute atomic E-state index is 0.0978. The van der Waals surface area contributed by atoms with Crippen LogP contribution in [0.5, 0.6) is 0 Å². The van der Waals surface area contributed by atoms with Crippen LogP contribution in [0.1, 0.15) is 6.92 Å². The smallest absolute Gasteiger partial charge is 0.221 e. The minimum atomic E-state index is -0.0978. The van der Waals surface area contributed by atoms with Gasteiger partial charge in [-0.1, -0.05) is 0 Å². The highest BCUT2D eigenvalue weighted by Crippen LogP contribution is 2.31. The molecule has 0 spiro atoms. The SMILES string of the molecule is CC(=O)Nc1c(Br)ccc2occc12. The molecule has 1 amide bonds. The third-order valence-electron chi connectivity index (χ3n) is 1.89. The van der Waals surface area contributed by atoms with Crippen LogP contribution in [0, 0.1) is 0 Å². The molecular formula is C10H8BrNO2. The van der Waals surface area contributed by atoms with Crippen molar-refractivity contribution in [2.24, 2.45) is 0 Å². The van der Waals surface area contributed by atoms with Gasteiger partial charge in [0.25, 0.3) is 0 Å². The van der Waals surface area contributed by atoms with Gasteiger partial charge in [0.15, 0.2) is 0 Å². The zero-order chi connectivity index (χ0) is 10.1. The van der Waals surface area contributed by atoms with Crippen LogP contribution in [0.15, 0.2) is 33.4 Å². The number of carbonyl (C=O) groups excluding carboxylic acids is 1. The number of rotatable bonds is 1. The van der Waals surface area contributed by atoms with Crippen molar-refractivity contribution in [1.82, 2.24) is 0 Å². The number of furan rings is 1. The Bertz CT molecular complexity index is 490. The molecule has 1 heterocycles. The molecule has 0 aliphatic heterocycles. The second-order valence-corrected chi connectivity index (χ2v) is 3.79. The lowest BCUT2D eigenvalue weighted by atomic mass is 10.2. The number of fused-ring (bicyclic) bond motifs is 1. The molecule has 1 N–H and O–H groups in total. The number of hydrogen-bond donors (Lipinski definition) is 1. The van der Waals surface area contributed by atoms with Crippen LogP contribution in [0.3, 0.4) is 0 Å². The van der Waals surface area contributed by atoms with Crippen molar-refractivity contribution in [3.05, 3.63) is 28.9 Å². The fraction of sp³-hybridized carbons (Fsp3) is 0.100. The van der Waals surface area contributed by atoms with Crippen molar-refractivity contribution in [1.29, 1.82) is 0 Å². The largest absolute Gasteiger partial charge is 0.464 e. The first-order valence-electron chi connectivity index (χ1n) is 4.12. The van der Waals surface area contributed by atoms with Gasteiger partial charge in [0.1, 0.15) is 5.58 Å². The van der Waals surface area contributed by atoms with E-state index < -0.39 is 0 Å². The standard InChI is InChI=1S/C10H8BrNO2/c1-6(13)12-10-7-4-5-14-9(7)3-2-8(10)11/h2-5H,1H3,(H,12,13). The van der Waals surface area contributed by atoms with Gasteiger partial charge in [-0.25, -0.2) is 0 Å². The molecule has 0 unspecified atom stereocenters. The highest BCUT2D eigenvalue weighted by molar-refractivity contribution is 9.10. The van der Waals surface area contributed by atoms with Crippen molar-refractivity contribution in [3.63, 3.8) is 0 Å². The molecule has 0 saturated carbocycles. The van der Waals surface area contributed by atoms with Gasteiger partial charge in [0.2, 0.25) is 5.91 Å². The van der Waals surface area contributed by atoms with Gasteiger partial charge < -0.3 is 9.73 Å². The van der Waals surface area contributed by atoms with E-state index in [1.807, 2.05) is 18.2 Å². The first-order chi connectivity index (χ1) is 6.68. The van der Waals surface area contributed by atoms with Crippen LogP contribution < -0.4 is 5.32 Å². The van der Waals surface area contributed by atoms with E-state index in [2.05, 4.69) is 21.2 Å². The predicted molar refractivity (Wildman–Crippen MR) is 58.2 cm³/mol. The Morgan fingerprint density at radius 1 is 1.43 bits per heavy atom. The summed E-state index contributed by atoms with van der Waals surface area (Å²) in [5, 5.41) is 3.65. The summed E-state index contributed by atoms with van der Waals surface area (Å²) in [6.45, 7) is 1.48. The zero-order valence-corrected chi connectivity index (χ0v) is 9.09. The van der Waals surface area contributed by atoms with Crippen molar-refractivity contribution in [3.8, 4) is 0 Å². The zero-order valence-electron chi connectivity index (χ0n) is 7.50. The number of amides is 1. The van der Waals surface area contributed by atoms with E-state index in [4.69, 9.17) is 4.42 Å². The topological polar surface area (TPSA) is 42.2 Å². The third-order valence-corrected chi connectivity index (χ3v) is 2.55. The molecule has 1 aromatic carbocycles. The Balaban J connectivity index is 2.64.